The molecule has 1 saturated heterocycles. The topological polar surface area (TPSA) is 65.5 Å². The summed E-state index contributed by atoms with van der Waals surface area (Å²) < 4.78 is 0. The van der Waals surface area contributed by atoms with Crippen LogP contribution >= 0.6 is 0 Å². The molecule has 0 spiro atoms. The minimum atomic E-state index is -0.140. The van der Waals surface area contributed by atoms with Crippen LogP contribution in [-0.2, 0) is 4.79 Å². The molecule has 0 aliphatic carbocycles. The van der Waals surface area contributed by atoms with Crippen LogP contribution in [0.3, 0.4) is 0 Å². The minimum Gasteiger partial charge on any atom is -0.373 e. The number of carbonyl (C=O) groups excluding carboxylic acids is 2. The Hall–Kier alpha value is -2.11. The molecule has 19 heavy (non-hydrogen) atoms. The zero-order chi connectivity index (χ0) is 13.8. The lowest BCUT2D eigenvalue weighted by atomic mass is 10.2. The van der Waals surface area contributed by atoms with Crippen molar-refractivity contribution < 1.29 is 9.59 Å². The Morgan fingerprint density at radius 1 is 1.37 bits per heavy atom. The van der Waals surface area contributed by atoms with Gasteiger partial charge in [-0.05, 0) is 18.6 Å². The monoisotopic (exact) mass is 262 g/mol. The van der Waals surface area contributed by atoms with Gasteiger partial charge in [-0.2, -0.15) is 0 Å². The van der Waals surface area contributed by atoms with Crippen LogP contribution in [-0.4, -0.2) is 60.3 Å². The van der Waals surface area contributed by atoms with Gasteiger partial charge in [0.15, 0.2) is 0 Å². The smallest absolute Gasteiger partial charge is 0.255 e. The summed E-state index contributed by atoms with van der Waals surface area (Å²) in [5.41, 5.74) is 0.511. The van der Waals surface area contributed by atoms with E-state index in [-0.39, 0.29) is 18.4 Å². The average molecular weight is 262 g/mol. The summed E-state index contributed by atoms with van der Waals surface area (Å²) in [6.45, 7) is 1.44. The van der Waals surface area contributed by atoms with Gasteiger partial charge in [-0.3, -0.25) is 9.59 Å². The quantitative estimate of drug-likeness (QED) is 0.839. The van der Waals surface area contributed by atoms with E-state index in [2.05, 4.69) is 10.3 Å². The Labute approximate surface area is 112 Å². The van der Waals surface area contributed by atoms with Gasteiger partial charge in [0, 0.05) is 33.4 Å². The number of rotatable bonds is 2. The number of likely N-dealkylation sites (N-methyl/N-ethyl adjacent to an activating group) is 1. The third kappa shape index (κ3) is 3.01. The maximum atomic E-state index is 12.3. The van der Waals surface area contributed by atoms with Crippen LogP contribution in [0.1, 0.15) is 16.8 Å². The predicted molar refractivity (Wildman–Crippen MR) is 71.9 cm³/mol. The van der Waals surface area contributed by atoms with Gasteiger partial charge in [-0.15, -0.1) is 0 Å². The SMILES string of the molecule is CNc1ccc(C(=O)N2CCCN(C)C(=O)C2)cn1. The Balaban J connectivity index is 2.11. The number of nitrogens with one attached hydrogen (secondary N) is 1. The number of carbonyl (C=O) groups is 2. The van der Waals surface area contributed by atoms with Crippen molar-refractivity contribution in [1.29, 1.82) is 0 Å². The number of hydrogen-bond acceptors (Lipinski definition) is 4. The minimum absolute atomic E-state index is 0.0225. The molecule has 102 valence electrons. The van der Waals surface area contributed by atoms with E-state index in [1.807, 2.05) is 0 Å². The molecule has 1 aliphatic rings. The van der Waals surface area contributed by atoms with Gasteiger partial charge < -0.3 is 15.1 Å². The molecule has 6 nitrogen and oxygen atoms in total. The van der Waals surface area contributed by atoms with Crippen LogP contribution in [0, 0.1) is 0 Å². The van der Waals surface area contributed by atoms with Gasteiger partial charge in [0.2, 0.25) is 5.91 Å². The van der Waals surface area contributed by atoms with Crippen molar-refractivity contribution in [3.05, 3.63) is 23.9 Å². The molecule has 2 amide bonds. The van der Waals surface area contributed by atoms with Gasteiger partial charge in [0.05, 0.1) is 5.56 Å². The van der Waals surface area contributed by atoms with E-state index in [0.717, 1.165) is 6.42 Å². The zero-order valence-corrected chi connectivity index (χ0v) is 11.2. The van der Waals surface area contributed by atoms with Crippen LogP contribution in [0.5, 0.6) is 0 Å². The highest BCUT2D eigenvalue weighted by atomic mass is 16.2. The third-order valence-corrected chi connectivity index (χ3v) is 3.23. The van der Waals surface area contributed by atoms with E-state index in [9.17, 15) is 9.59 Å². The largest absolute Gasteiger partial charge is 0.373 e. The van der Waals surface area contributed by atoms with Crippen molar-refractivity contribution >= 4 is 17.6 Å². The van der Waals surface area contributed by atoms with Crippen molar-refractivity contribution in [2.75, 3.05) is 39.0 Å². The van der Waals surface area contributed by atoms with Crippen molar-refractivity contribution in [2.45, 2.75) is 6.42 Å². The fraction of sp³-hybridized carbons (Fsp3) is 0.462. The van der Waals surface area contributed by atoms with Gasteiger partial charge in [-0.1, -0.05) is 0 Å². The first-order valence-corrected chi connectivity index (χ1v) is 6.29. The molecule has 6 heteroatoms. The first-order valence-electron chi connectivity index (χ1n) is 6.29. The fourth-order valence-corrected chi connectivity index (χ4v) is 2.01. The van der Waals surface area contributed by atoms with E-state index in [4.69, 9.17) is 0 Å². The van der Waals surface area contributed by atoms with Crippen molar-refractivity contribution in [3.63, 3.8) is 0 Å². The lowest BCUT2D eigenvalue weighted by Gasteiger charge is -2.19. The summed E-state index contributed by atoms with van der Waals surface area (Å²) >= 11 is 0. The molecule has 1 fully saturated rings. The van der Waals surface area contributed by atoms with E-state index < -0.39 is 0 Å². The van der Waals surface area contributed by atoms with E-state index in [0.29, 0.717) is 24.5 Å². The lowest BCUT2D eigenvalue weighted by molar-refractivity contribution is -0.129. The molecule has 0 atom stereocenters. The maximum Gasteiger partial charge on any atom is 0.255 e. The predicted octanol–water partition coefficient (Wildman–Crippen LogP) is 0.428. The van der Waals surface area contributed by atoms with Crippen LogP contribution in [0.15, 0.2) is 18.3 Å². The Kier molecular flexibility index (Phi) is 3.99. The second-order valence-corrected chi connectivity index (χ2v) is 4.58. The summed E-state index contributed by atoms with van der Waals surface area (Å²) in [5, 5.41) is 2.90. The highest BCUT2D eigenvalue weighted by molar-refractivity contribution is 5.96. The van der Waals surface area contributed by atoms with Gasteiger partial charge in [0.25, 0.3) is 5.91 Å². The van der Waals surface area contributed by atoms with Crippen molar-refractivity contribution in [1.82, 2.24) is 14.8 Å². The summed E-state index contributed by atoms with van der Waals surface area (Å²) in [5.74, 6) is 0.549. The zero-order valence-electron chi connectivity index (χ0n) is 11.2. The van der Waals surface area contributed by atoms with Crippen molar-refractivity contribution in [3.8, 4) is 0 Å². The number of anilines is 1. The normalized spacial score (nSPS) is 16.2. The van der Waals surface area contributed by atoms with E-state index >= 15 is 0 Å². The summed E-state index contributed by atoms with van der Waals surface area (Å²) in [7, 11) is 3.53. The first-order chi connectivity index (χ1) is 9.11. The summed E-state index contributed by atoms with van der Waals surface area (Å²) in [6.07, 6.45) is 2.34. The van der Waals surface area contributed by atoms with Gasteiger partial charge in [0.1, 0.15) is 12.4 Å². The average Bonchev–Trinajstić information content (AvgIpc) is 2.60. The second-order valence-electron chi connectivity index (χ2n) is 4.58. The van der Waals surface area contributed by atoms with Crippen molar-refractivity contribution in [2.24, 2.45) is 0 Å². The van der Waals surface area contributed by atoms with E-state index in [1.165, 1.54) is 6.20 Å². The van der Waals surface area contributed by atoms with E-state index in [1.54, 1.807) is 36.0 Å². The number of nitrogens with zero attached hydrogens (tertiary/aromatic N) is 3. The van der Waals surface area contributed by atoms with Gasteiger partial charge in [-0.25, -0.2) is 4.98 Å². The molecule has 1 aliphatic heterocycles. The molecular formula is C13H18N4O2. The molecule has 0 aromatic carbocycles. The number of pyridine rings is 1. The Morgan fingerprint density at radius 2 is 2.16 bits per heavy atom. The van der Waals surface area contributed by atoms with Gasteiger partial charge >= 0.3 is 0 Å². The Bertz CT molecular complexity index is 472. The molecule has 1 N–H and O–H groups in total. The number of hydrogen-bond donors (Lipinski definition) is 1. The number of aromatic nitrogens is 1. The lowest BCUT2D eigenvalue weighted by Crippen LogP contribution is -2.38. The molecule has 1 aromatic heterocycles. The molecule has 1 aromatic rings. The number of amides is 2. The Morgan fingerprint density at radius 3 is 2.79 bits per heavy atom. The standard InChI is InChI=1S/C13H18N4O2/c1-14-11-5-4-10(8-15-11)13(19)17-7-3-6-16(2)12(18)9-17/h4-5,8H,3,6-7,9H2,1-2H3,(H,14,15). The highest BCUT2D eigenvalue weighted by Crippen LogP contribution is 2.10. The molecular weight excluding hydrogens is 244 g/mol. The van der Waals surface area contributed by atoms with Crippen LogP contribution in [0.2, 0.25) is 0 Å². The summed E-state index contributed by atoms with van der Waals surface area (Å²) in [6, 6.07) is 3.47. The third-order valence-electron chi connectivity index (χ3n) is 3.23. The van der Waals surface area contributed by atoms with Crippen LogP contribution in [0.4, 0.5) is 5.82 Å². The first kappa shape index (κ1) is 13.3. The molecule has 2 rings (SSSR count). The van der Waals surface area contributed by atoms with Crippen LogP contribution < -0.4 is 5.32 Å². The molecule has 0 bridgehead atoms. The molecule has 0 saturated carbocycles. The maximum absolute atomic E-state index is 12.3. The van der Waals surface area contributed by atoms with Crippen LogP contribution in [0.25, 0.3) is 0 Å². The highest BCUT2D eigenvalue weighted by Gasteiger charge is 2.23. The molecule has 2 heterocycles. The molecule has 0 radical (unpaired) electrons. The second kappa shape index (κ2) is 5.69. The summed E-state index contributed by atoms with van der Waals surface area (Å²) in [4.78, 5) is 31.4. The fourth-order valence-electron chi connectivity index (χ4n) is 2.01. The molecule has 0 unspecified atom stereocenters.